The first-order valence-corrected chi connectivity index (χ1v) is 7.65. The zero-order valence-electron chi connectivity index (χ0n) is 12.7. The lowest BCUT2D eigenvalue weighted by molar-refractivity contribution is -0.146. The molecule has 0 spiro atoms. The quantitative estimate of drug-likeness (QED) is 0.426. The van der Waals surface area contributed by atoms with Crippen LogP contribution in [-0.4, -0.2) is 64.7 Å². The van der Waals surface area contributed by atoms with E-state index < -0.39 is 24.0 Å². The standard InChI is InChI=1S/C14H25N3O5/c15-7-3-1-6-11(14(21)22)16-10-5-2-4-8-17(13(10)20)9-12(18)19/h10-11,16H,1-9,15H2,(H,18,19)(H,21,22)/t10-,11?/m0/s1. The second-order valence-electron chi connectivity index (χ2n) is 5.54. The van der Waals surface area contributed by atoms with Gasteiger partial charge >= 0.3 is 11.9 Å². The fraction of sp³-hybridized carbons (Fsp3) is 0.786. The number of rotatable bonds is 9. The fourth-order valence-electron chi connectivity index (χ4n) is 2.59. The monoisotopic (exact) mass is 315 g/mol. The molecular weight excluding hydrogens is 290 g/mol. The molecule has 0 aromatic carbocycles. The van der Waals surface area contributed by atoms with E-state index in [9.17, 15) is 19.5 Å². The molecule has 0 aromatic rings. The lowest BCUT2D eigenvalue weighted by Gasteiger charge is -2.25. The predicted molar refractivity (Wildman–Crippen MR) is 79.3 cm³/mol. The Kier molecular flexibility index (Phi) is 7.83. The van der Waals surface area contributed by atoms with Crippen LogP contribution in [0.15, 0.2) is 0 Å². The predicted octanol–water partition coefficient (Wildman–Crippen LogP) is -0.376. The molecular formula is C14H25N3O5. The molecule has 0 aromatic heterocycles. The normalized spacial score (nSPS) is 20.5. The van der Waals surface area contributed by atoms with Gasteiger partial charge in [-0.25, -0.2) is 0 Å². The van der Waals surface area contributed by atoms with Crippen molar-refractivity contribution < 1.29 is 24.6 Å². The van der Waals surface area contributed by atoms with Crippen molar-refractivity contribution in [2.75, 3.05) is 19.6 Å². The van der Waals surface area contributed by atoms with Gasteiger partial charge in [0.1, 0.15) is 12.6 Å². The van der Waals surface area contributed by atoms with E-state index in [1.165, 1.54) is 4.90 Å². The number of carboxylic acid groups (broad SMARTS) is 2. The van der Waals surface area contributed by atoms with E-state index in [0.29, 0.717) is 32.4 Å². The Hall–Kier alpha value is -1.67. The molecule has 0 bridgehead atoms. The average molecular weight is 315 g/mol. The number of nitrogens with one attached hydrogen (secondary N) is 1. The molecule has 1 unspecified atom stereocenters. The van der Waals surface area contributed by atoms with Crippen LogP contribution in [0.4, 0.5) is 0 Å². The highest BCUT2D eigenvalue weighted by atomic mass is 16.4. The first-order chi connectivity index (χ1) is 10.5. The topological polar surface area (TPSA) is 133 Å². The molecule has 1 rings (SSSR count). The van der Waals surface area contributed by atoms with Crippen LogP contribution in [-0.2, 0) is 14.4 Å². The van der Waals surface area contributed by atoms with Gasteiger partial charge in [0.05, 0.1) is 6.04 Å². The molecule has 0 radical (unpaired) electrons. The third-order valence-electron chi connectivity index (χ3n) is 3.75. The number of hydrogen-bond donors (Lipinski definition) is 4. The zero-order valence-corrected chi connectivity index (χ0v) is 12.7. The van der Waals surface area contributed by atoms with Crippen molar-refractivity contribution in [3.05, 3.63) is 0 Å². The van der Waals surface area contributed by atoms with Crippen LogP contribution in [0, 0.1) is 0 Å². The largest absolute Gasteiger partial charge is 0.480 e. The van der Waals surface area contributed by atoms with Gasteiger partial charge in [0, 0.05) is 6.54 Å². The van der Waals surface area contributed by atoms with Crippen molar-refractivity contribution in [1.29, 1.82) is 0 Å². The van der Waals surface area contributed by atoms with Crippen LogP contribution in [0.25, 0.3) is 0 Å². The van der Waals surface area contributed by atoms with Gasteiger partial charge in [0.25, 0.3) is 0 Å². The van der Waals surface area contributed by atoms with Crippen LogP contribution < -0.4 is 11.1 Å². The molecule has 8 heteroatoms. The van der Waals surface area contributed by atoms with Crippen LogP contribution in [0.5, 0.6) is 0 Å². The Morgan fingerprint density at radius 2 is 2.05 bits per heavy atom. The summed E-state index contributed by atoms with van der Waals surface area (Å²) in [6.07, 6.45) is 3.80. The summed E-state index contributed by atoms with van der Waals surface area (Å²) in [6.45, 7) is 0.553. The summed E-state index contributed by atoms with van der Waals surface area (Å²) in [5, 5.41) is 21.0. The van der Waals surface area contributed by atoms with Gasteiger partial charge in [0.15, 0.2) is 0 Å². The zero-order chi connectivity index (χ0) is 16.5. The second kappa shape index (κ2) is 9.37. The Morgan fingerprint density at radius 1 is 1.32 bits per heavy atom. The van der Waals surface area contributed by atoms with Crippen LogP contribution >= 0.6 is 0 Å². The minimum Gasteiger partial charge on any atom is -0.480 e. The number of amides is 1. The van der Waals surface area contributed by atoms with E-state index in [1.54, 1.807) is 0 Å². The molecule has 126 valence electrons. The highest BCUT2D eigenvalue weighted by Gasteiger charge is 2.31. The van der Waals surface area contributed by atoms with Gasteiger partial charge < -0.3 is 20.8 Å². The fourth-order valence-corrected chi connectivity index (χ4v) is 2.59. The lowest BCUT2D eigenvalue weighted by atomic mass is 10.1. The number of likely N-dealkylation sites (tertiary alicyclic amines) is 1. The summed E-state index contributed by atoms with van der Waals surface area (Å²) in [6, 6.07) is -1.45. The number of hydrogen-bond acceptors (Lipinski definition) is 5. The van der Waals surface area contributed by atoms with E-state index >= 15 is 0 Å². The molecule has 1 heterocycles. The number of carbonyl (C=O) groups is 3. The van der Waals surface area contributed by atoms with Crippen molar-refractivity contribution in [2.45, 2.75) is 50.6 Å². The number of carboxylic acids is 2. The summed E-state index contributed by atoms with van der Waals surface area (Å²) in [7, 11) is 0. The lowest BCUT2D eigenvalue weighted by Crippen LogP contribution is -2.52. The number of aliphatic carboxylic acids is 2. The minimum absolute atomic E-state index is 0.329. The molecule has 2 atom stereocenters. The maximum Gasteiger partial charge on any atom is 0.323 e. The van der Waals surface area contributed by atoms with Crippen LogP contribution in [0.1, 0.15) is 38.5 Å². The molecule has 8 nitrogen and oxygen atoms in total. The summed E-state index contributed by atoms with van der Waals surface area (Å²) < 4.78 is 0. The summed E-state index contributed by atoms with van der Waals surface area (Å²) >= 11 is 0. The number of nitrogens with zero attached hydrogens (tertiary/aromatic N) is 1. The molecule has 1 fully saturated rings. The Morgan fingerprint density at radius 3 is 2.64 bits per heavy atom. The number of carbonyl (C=O) groups excluding carboxylic acids is 1. The number of unbranched alkanes of at least 4 members (excludes halogenated alkanes) is 1. The van der Waals surface area contributed by atoms with E-state index in [2.05, 4.69) is 5.32 Å². The molecule has 1 aliphatic rings. The summed E-state index contributed by atoms with van der Waals surface area (Å²) in [5.74, 6) is -2.39. The SMILES string of the molecule is NCCCCC(N[C@H]1CCCCN(CC(=O)O)C1=O)C(=O)O. The first kappa shape index (κ1) is 18.4. The molecule has 1 amide bonds. The van der Waals surface area contributed by atoms with Gasteiger partial charge in [-0.3, -0.25) is 19.7 Å². The van der Waals surface area contributed by atoms with Crippen molar-refractivity contribution in [3.63, 3.8) is 0 Å². The number of nitrogens with two attached hydrogens (primary N) is 1. The van der Waals surface area contributed by atoms with Gasteiger partial charge in [-0.1, -0.05) is 6.42 Å². The van der Waals surface area contributed by atoms with Gasteiger partial charge in [-0.15, -0.1) is 0 Å². The van der Waals surface area contributed by atoms with Crippen LogP contribution in [0.3, 0.4) is 0 Å². The smallest absolute Gasteiger partial charge is 0.323 e. The Balaban J connectivity index is 2.67. The Bertz CT molecular complexity index is 402. The van der Waals surface area contributed by atoms with Crippen molar-refractivity contribution in [3.8, 4) is 0 Å². The third-order valence-corrected chi connectivity index (χ3v) is 3.75. The van der Waals surface area contributed by atoms with Gasteiger partial charge in [-0.2, -0.15) is 0 Å². The third kappa shape index (κ3) is 5.98. The van der Waals surface area contributed by atoms with E-state index in [4.69, 9.17) is 10.8 Å². The maximum atomic E-state index is 12.4. The van der Waals surface area contributed by atoms with Crippen molar-refractivity contribution >= 4 is 17.8 Å². The van der Waals surface area contributed by atoms with E-state index in [1.807, 2.05) is 0 Å². The van der Waals surface area contributed by atoms with E-state index in [0.717, 1.165) is 19.3 Å². The van der Waals surface area contributed by atoms with Crippen molar-refractivity contribution in [1.82, 2.24) is 10.2 Å². The second-order valence-corrected chi connectivity index (χ2v) is 5.54. The molecule has 1 saturated heterocycles. The molecule has 1 aliphatic heterocycles. The van der Waals surface area contributed by atoms with E-state index in [-0.39, 0.29) is 12.5 Å². The van der Waals surface area contributed by atoms with Crippen LogP contribution in [0.2, 0.25) is 0 Å². The first-order valence-electron chi connectivity index (χ1n) is 7.65. The minimum atomic E-state index is -1.06. The Labute approximate surface area is 129 Å². The molecule has 5 N–H and O–H groups in total. The molecule has 0 aliphatic carbocycles. The van der Waals surface area contributed by atoms with Gasteiger partial charge in [-0.05, 0) is 38.6 Å². The average Bonchev–Trinajstić information content (AvgIpc) is 2.61. The highest BCUT2D eigenvalue weighted by Crippen LogP contribution is 2.14. The van der Waals surface area contributed by atoms with Gasteiger partial charge in [0.2, 0.25) is 5.91 Å². The summed E-state index contributed by atoms with van der Waals surface area (Å²) in [5.41, 5.74) is 5.40. The highest BCUT2D eigenvalue weighted by molar-refractivity contribution is 5.86. The molecule has 0 saturated carbocycles. The van der Waals surface area contributed by atoms with Crippen molar-refractivity contribution in [2.24, 2.45) is 5.73 Å². The summed E-state index contributed by atoms with van der Waals surface area (Å²) in [4.78, 5) is 35.8. The maximum absolute atomic E-state index is 12.4. The molecule has 22 heavy (non-hydrogen) atoms.